The lowest BCUT2D eigenvalue weighted by molar-refractivity contribution is -0.138. The molecule has 1 amide bonds. The van der Waals surface area contributed by atoms with Crippen LogP contribution in [-0.4, -0.2) is 37.2 Å². The minimum atomic E-state index is -1.06. The lowest BCUT2D eigenvalue weighted by Crippen LogP contribution is -2.15. The SMILES string of the molecule is COC(=O)c1c(NC(=O)CCC(=O)O)sc(C)c1-c1ccc(OC)cc1. The Kier molecular flexibility index (Phi) is 6.35. The Bertz CT molecular complexity index is 825. The summed E-state index contributed by atoms with van der Waals surface area (Å²) >= 11 is 1.24. The molecule has 0 atom stereocenters. The Hall–Kier alpha value is -2.87. The second-order valence-corrected chi connectivity index (χ2v) is 6.62. The van der Waals surface area contributed by atoms with Crippen molar-refractivity contribution < 1.29 is 29.0 Å². The summed E-state index contributed by atoms with van der Waals surface area (Å²) in [6.07, 6.45) is -0.458. The first-order valence-corrected chi connectivity index (χ1v) is 8.56. The Labute approximate surface area is 154 Å². The fourth-order valence-corrected chi connectivity index (χ4v) is 3.52. The summed E-state index contributed by atoms with van der Waals surface area (Å²) in [5.41, 5.74) is 1.70. The first kappa shape index (κ1) is 19.5. The van der Waals surface area contributed by atoms with Crippen LogP contribution < -0.4 is 10.1 Å². The molecule has 0 fully saturated rings. The highest BCUT2D eigenvalue weighted by atomic mass is 32.1. The third-order valence-electron chi connectivity index (χ3n) is 3.67. The van der Waals surface area contributed by atoms with Gasteiger partial charge in [-0.3, -0.25) is 9.59 Å². The number of esters is 1. The van der Waals surface area contributed by atoms with E-state index in [4.69, 9.17) is 14.6 Å². The number of carbonyl (C=O) groups is 3. The number of carboxylic acid groups (broad SMARTS) is 1. The second kappa shape index (κ2) is 8.48. The standard InChI is InChI=1S/C18H19NO6S/c1-10-15(11-4-6-12(24-2)7-5-11)16(18(23)25-3)17(26-10)19-13(20)8-9-14(21)22/h4-7H,8-9H2,1-3H3,(H,19,20)(H,21,22). The van der Waals surface area contributed by atoms with Crippen LogP contribution in [0.5, 0.6) is 5.75 Å². The van der Waals surface area contributed by atoms with E-state index in [9.17, 15) is 14.4 Å². The van der Waals surface area contributed by atoms with Gasteiger partial charge in [0.15, 0.2) is 0 Å². The molecule has 0 unspecified atom stereocenters. The maximum absolute atomic E-state index is 12.3. The summed E-state index contributed by atoms with van der Waals surface area (Å²) in [5, 5.41) is 11.7. The Morgan fingerprint density at radius 3 is 2.31 bits per heavy atom. The highest BCUT2D eigenvalue weighted by Gasteiger charge is 2.25. The number of aliphatic carboxylic acids is 1. The van der Waals surface area contributed by atoms with Crippen LogP contribution in [0.2, 0.25) is 0 Å². The summed E-state index contributed by atoms with van der Waals surface area (Å²) in [6, 6.07) is 7.18. The molecular formula is C18H19NO6S. The fourth-order valence-electron chi connectivity index (χ4n) is 2.44. The van der Waals surface area contributed by atoms with Crippen LogP contribution in [0.4, 0.5) is 5.00 Å². The smallest absolute Gasteiger partial charge is 0.341 e. The van der Waals surface area contributed by atoms with E-state index in [-0.39, 0.29) is 18.4 Å². The molecule has 0 aliphatic rings. The molecule has 2 N–H and O–H groups in total. The summed E-state index contributed by atoms with van der Waals surface area (Å²) in [7, 11) is 2.83. The molecule has 0 aliphatic carbocycles. The molecule has 1 heterocycles. The number of hydrogen-bond donors (Lipinski definition) is 2. The van der Waals surface area contributed by atoms with Crippen LogP contribution in [0.15, 0.2) is 24.3 Å². The molecule has 0 saturated carbocycles. The minimum absolute atomic E-state index is 0.176. The predicted molar refractivity (Wildman–Crippen MR) is 97.9 cm³/mol. The molecule has 26 heavy (non-hydrogen) atoms. The molecule has 2 aromatic rings. The molecular weight excluding hydrogens is 358 g/mol. The minimum Gasteiger partial charge on any atom is -0.497 e. The number of hydrogen-bond acceptors (Lipinski definition) is 6. The van der Waals surface area contributed by atoms with Crippen molar-refractivity contribution in [2.75, 3.05) is 19.5 Å². The van der Waals surface area contributed by atoms with Gasteiger partial charge in [0, 0.05) is 16.9 Å². The Balaban J connectivity index is 2.42. The van der Waals surface area contributed by atoms with Crippen molar-refractivity contribution in [1.82, 2.24) is 0 Å². The molecule has 1 aromatic carbocycles. The van der Waals surface area contributed by atoms with Gasteiger partial charge in [-0.2, -0.15) is 0 Å². The highest BCUT2D eigenvalue weighted by Crippen LogP contribution is 2.40. The topological polar surface area (TPSA) is 102 Å². The van der Waals surface area contributed by atoms with Crippen molar-refractivity contribution in [2.24, 2.45) is 0 Å². The largest absolute Gasteiger partial charge is 0.497 e. The zero-order chi connectivity index (χ0) is 19.3. The highest BCUT2D eigenvalue weighted by molar-refractivity contribution is 7.17. The molecule has 0 bridgehead atoms. The van der Waals surface area contributed by atoms with E-state index in [1.54, 1.807) is 19.2 Å². The fraction of sp³-hybridized carbons (Fsp3) is 0.278. The summed E-state index contributed by atoms with van der Waals surface area (Å²) < 4.78 is 10.0. The number of anilines is 1. The number of ether oxygens (including phenoxy) is 2. The number of nitrogens with one attached hydrogen (secondary N) is 1. The Morgan fingerprint density at radius 2 is 1.77 bits per heavy atom. The summed E-state index contributed by atoms with van der Waals surface area (Å²) in [4.78, 5) is 35.7. The van der Waals surface area contributed by atoms with Crippen LogP contribution in [0.3, 0.4) is 0 Å². The maximum atomic E-state index is 12.3. The lowest BCUT2D eigenvalue weighted by atomic mass is 10.0. The number of rotatable bonds is 7. The molecule has 0 spiro atoms. The predicted octanol–water partition coefficient (Wildman–Crippen LogP) is 3.32. The average molecular weight is 377 g/mol. The summed E-state index contributed by atoms with van der Waals surface area (Å²) in [5.74, 6) is -1.42. The summed E-state index contributed by atoms with van der Waals surface area (Å²) in [6.45, 7) is 1.84. The zero-order valence-electron chi connectivity index (χ0n) is 14.6. The van der Waals surface area contributed by atoms with E-state index >= 15 is 0 Å². The van der Waals surface area contributed by atoms with Gasteiger partial charge in [0.1, 0.15) is 16.3 Å². The van der Waals surface area contributed by atoms with Gasteiger partial charge in [-0.15, -0.1) is 11.3 Å². The molecule has 2 rings (SSSR count). The Morgan fingerprint density at radius 1 is 1.12 bits per heavy atom. The number of carboxylic acids is 1. The maximum Gasteiger partial charge on any atom is 0.341 e. The number of benzene rings is 1. The normalized spacial score (nSPS) is 10.3. The van der Waals surface area contributed by atoms with Gasteiger partial charge >= 0.3 is 11.9 Å². The van der Waals surface area contributed by atoms with E-state index in [0.717, 1.165) is 10.4 Å². The van der Waals surface area contributed by atoms with E-state index in [0.29, 0.717) is 16.3 Å². The van der Waals surface area contributed by atoms with Gasteiger partial charge in [-0.05, 0) is 24.6 Å². The van der Waals surface area contributed by atoms with Crippen LogP contribution in [-0.2, 0) is 14.3 Å². The van der Waals surface area contributed by atoms with E-state index < -0.39 is 17.8 Å². The van der Waals surface area contributed by atoms with Gasteiger partial charge < -0.3 is 19.9 Å². The molecule has 7 nitrogen and oxygen atoms in total. The number of aryl methyl sites for hydroxylation is 1. The molecule has 0 aliphatic heterocycles. The van der Waals surface area contributed by atoms with E-state index in [1.807, 2.05) is 19.1 Å². The van der Waals surface area contributed by atoms with Gasteiger partial charge in [0.25, 0.3) is 0 Å². The van der Waals surface area contributed by atoms with Crippen LogP contribution in [0, 0.1) is 6.92 Å². The molecule has 0 saturated heterocycles. The molecule has 138 valence electrons. The van der Waals surface area contributed by atoms with Gasteiger partial charge in [-0.25, -0.2) is 4.79 Å². The molecule has 8 heteroatoms. The van der Waals surface area contributed by atoms with Gasteiger partial charge in [0.2, 0.25) is 5.91 Å². The monoisotopic (exact) mass is 377 g/mol. The van der Waals surface area contributed by atoms with Crippen molar-refractivity contribution in [3.05, 3.63) is 34.7 Å². The molecule has 1 aromatic heterocycles. The number of carbonyl (C=O) groups excluding carboxylic acids is 2. The van der Waals surface area contributed by atoms with E-state index in [1.165, 1.54) is 18.4 Å². The third kappa shape index (κ3) is 4.40. The lowest BCUT2D eigenvalue weighted by Gasteiger charge is -2.08. The third-order valence-corrected chi connectivity index (χ3v) is 4.69. The van der Waals surface area contributed by atoms with Gasteiger partial charge in [0.05, 0.1) is 20.6 Å². The first-order chi connectivity index (χ1) is 12.4. The van der Waals surface area contributed by atoms with E-state index in [2.05, 4.69) is 5.32 Å². The molecule has 0 radical (unpaired) electrons. The zero-order valence-corrected chi connectivity index (χ0v) is 15.4. The number of thiophene rings is 1. The van der Waals surface area contributed by atoms with Crippen molar-refractivity contribution in [3.63, 3.8) is 0 Å². The quantitative estimate of drug-likeness (QED) is 0.718. The van der Waals surface area contributed by atoms with Crippen LogP contribution >= 0.6 is 11.3 Å². The number of amides is 1. The number of methoxy groups -OCH3 is 2. The van der Waals surface area contributed by atoms with Crippen molar-refractivity contribution >= 4 is 34.2 Å². The van der Waals surface area contributed by atoms with Crippen molar-refractivity contribution in [1.29, 1.82) is 0 Å². The van der Waals surface area contributed by atoms with Crippen LogP contribution in [0.25, 0.3) is 11.1 Å². The van der Waals surface area contributed by atoms with Gasteiger partial charge in [-0.1, -0.05) is 12.1 Å². The average Bonchev–Trinajstić information content (AvgIpc) is 2.95. The van der Waals surface area contributed by atoms with Crippen molar-refractivity contribution in [2.45, 2.75) is 19.8 Å². The van der Waals surface area contributed by atoms with Crippen LogP contribution in [0.1, 0.15) is 28.1 Å². The first-order valence-electron chi connectivity index (χ1n) is 7.75. The van der Waals surface area contributed by atoms with Crippen molar-refractivity contribution in [3.8, 4) is 16.9 Å². The second-order valence-electron chi connectivity index (χ2n) is 5.40.